The van der Waals surface area contributed by atoms with Gasteiger partial charge in [0.15, 0.2) is 0 Å². The lowest BCUT2D eigenvalue weighted by atomic mass is 10.1. The van der Waals surface area contributed by atoms with E-state index in [0.717, 1.165) is 5.75 Å². The maximum absolute atomic E-state index is 12.2. The predicted octanol–water partition coefficient (Wildman–Crippen LogP) is 1.83. The Hall–Kier alpha value is -2.96. The van der Waals surface area contributed by atoms with E-state index in [-0.39, 0.29) is 24.2 Å². The molecule has 138 valence electrons. The summed E-state index contributed by atoms with van der Waals surface area (Å²) < 4.78 is 15.9. The summed E-state index contributed by atoms with van der Waals surface area (Å²) in [7, 11) is 1.61. The SMILES string of the molecule is COc1ccc(OCCN2CC(C(=O)NCc3ccco3)CC2=O)cc1. The fourth-order valence-corrected chi connectivity index (χ4v) is 2.84. The molecule has 1 fully saturated rings. The Kier molecular flexibility index (Phi) is 5.78. The Bertz CT molecular complexity index is 727. The van der Waals surface area contributed by atoms with E-state index in [1.54, 1.807) is 30.4 Å². The van der Waals surface area contributed by atoms with Crippen LogP contribution in [0.2, 0.25) is 0 Å². The van der Waals surface area contributed by atoms with Crippen molar-refractivity contribution in [2.45, 2.75) is 13.0 Å². The summed E-state index contributed by atoms with van der Waals surface area (Å²) >= 11 is 0. The molecule has 0 aliphatic carbocycles. The van der Waals surface area contributed by atoms with Crippen molar-refractivity contribution in [2.24, 2.45) is 5.92 Å². The molecule has 2 aromatic rings. The minimum absolute atomic E-state index is 0.0264. The smallest absolute Gasteiger partial charge is 0.225 e. The van der Waals surface area contributed by atoms with Gasteiger partial charge in [-0.05, 0) is 36.4 Å². The normalized spacial score (nSPS) is 16.6. The number of hydrogen-bond donors (Lipinski definition) is 1. The molecule has 1 aliphatic heterocycles. The maximum atomic E-state index is 12.2. The third-order valence-electron chi connectivity index (χ3n) is 4.29. The van der Waals surface area contributed by atoms with E-state index >= 15 is 0 Å². The minimum atomic E-state index is -0.335. The lowest BCUT2D eigenvalue weighted by molar-refractivity contribution is -0.129. The molecule has 1 saturated heterocycles. The van der Waals surface area contributed by atoms with Gasteiger partial charge in [0.25, 0.3) is 0 Å². The van der Waals surface area contributed by atoms with Crippen molar-refractivity contribution in [3.05, 3.63) is 48.4 Å². The average molecular weight is 358 g/mol. The number of likely N-dealkylation sites (tertiary alicyclic amines) is 1. The maximum Gasteiger partial charge on any atom is 0.225 e. The second-order valence-electron chi connectivity index (χ2n) is 6.06. The Morgan fingerprint density at radius 1 is 1.27 bits per heavy atom. The van der Waals surface area contributed by atoms with Gasteiger partial charge in [0.2, 0.25) is 11.8 Å². The standard InChI is InChI=1S/C19H22N2O5/c1-24-15-4-6-16(7-5-15)26-10-8-21-13-14(11-18(21)22)19(23)20-12-17-3-2-9-25-17/h2-7,9,14H,8,10-13H2,1H3,(H,20,23). The molecule has 26 heavy (non-hydrogen) atoms. The lowest BCUT2D eigenvalue weighted by Crippen LogP contribution is -2.34. The quantitative estimate of drug-likeness (QED) is 0.779. The third kappa shape index (κ3) is 4.56. The lowest BCUT2D eigenvalue weighted by Gasteiger charge is -2.17. The summed E-state index contributed by atoms with van der Waals surface area (Å²) in [5, 5.41) is 2.81. The Morgan fingerprint density at radius 3 is 2.73 bits per heavy atom. The fraction of sp³-hybridized carbons (Fsp3) is 0.368. The molecule has 1 aromatic carbocycles. The van der Waals surface area contributed by atoms with Crippen molar-refractivity contribution in [1.29, 1.82) is 0 Å². The van der Waals surface area contributed by atoms with Gasteiger partial charge < -0.3 is 24.1 Å². The molecule has 1 aromatic heterocycles. The van der Waals surface area contributed by atoms with Gasteiger partial charge in [0.05, 0.1) is 32.4 Å². The minimum Gasteiger partial charge on any atom is -0.497 e. The van der Waals surface area contributed by atoms with Crippen LogP contribution in [0.25, 0.3) is 0 Å². The van der Waals surface area contributed by atoms with Gasteiger partial charge in [-0.25, -0.2) is 0 Å². The van der Waals surface area contributed by atoms with Crippen molar-refractivity contribution < 1.29 is 23.5 Å². The number of furan rings is 1. The number of nitrogens with one attached hydrogen (secondary N) is 1. The van der Waals surface area contributed by atoms with E-state index in [2.05, 4.69) is 5.32 Å². The largest absolute Gasteiger partial charge is 0.497 e. The number of benzene rings is 1. The molecular formula is C19H22N2O5. The topological polar surface area (TPSA) is 81.0 Å². The first-order chi connectivity index (χ1) is 12.7. The molecule has 1 N–H and O–H groups in total. The molecule has 1 atom stereocenters. The molecule has 7 heteroatoms. The van der Waals surface area contributed by atoms with Crippen LogP contribution in [-0.2, 0) is 16.1 Å². The first kappa shape index (κ1) is 17.8. The number of ether oxygens (including phenoxy) is 2. The van der Waals surface area contributed by atoms with Gasteiger partial charge in [0, 0.05) is 13.0 Å². The fourth-order valence-electron chi connectivity index (χ4n) is 2.84. The molecule has 0 radical (unpaired) electrons. The Balaban J connectivity index is 1.41. The summed E-state index contributed by atoms with van der Waals surface area (Å²) in [5.41, 5.74) is 0. The Morgan fingerprint density at radius 2 is 2.04 bits per heavy atom. The van der Waals surface area contributed by atoms with Crippen LogP contribution in [0.5, 0.6) is 11.5 Å². The first-order valence-electron chi connectivity index (χ1n) is 8.50. The van der Waals surface area contributed by atoms with Crippen molar-refractivity contribution in [2.75, 3.05) is 26.8 Å². The predicted molar refractivity (Wildman–Crippen MR) is 93.7 cm³/mol. The van der Waals surface area contributed by atoms with Crippen LogP contribution in [-0.4, -0.2) is 43.5 Å². The number of rotatable bonds is 8. The van der Waals surface area contributed by atoms with Gasteiger partial charge in [-0.1, -0.05) is 0 Å². The van der Waals surface area contributed by atoms with E-state index in [1.165, 1.54) is 0 Å². The van der Waals surface area contributed by atoms with E-state index in [4.69, 9.17) is 13.9 Å². The molecule has 2 heterocycles. The van der Waals surface area contributed by atoms with Crippen molar-refractivity contribution >= 4 is 11.8 Å². The molecule has 0 bridgehead atoms. The summed E-state index contributed by atoms with van der Waals surface area (Å²) in [5.74, 6) is 1.67. The molecule has 7 nitrogen and oxygen atoms in total. The van der Waals surface area contributed by atoms with Crippen LogP contribution >= 0.6 is 0 Å². The molecule has 1 unspecified atom stereocenters. The summed E-state index contributed by atoms with van der Waals surface area (Å²) in [4.78, 5) is 26.0. The number of hydrogen-bond acceptors (Lipinski definition) is 5. The van der Waals surface area contributed by atoms with E-state index in [0.29, 0.717) is 37.8 Å². The van der Waals surface area contributed by atoms with Crippen molar-refractivity contribution in [1.82, 2.24) is 10.2 Å². The van der Waals surface area contributed by atoms with E-state index < -0.39 is 0 Å². The van der Waals surface area contributed by atoms with E-state index in [1.807, 2.05) is 24.3 Å². The second kappa shape index (κ2) is 8.42. The third-order valence-corrected chi connectivity index (χ3v) is 4.29. The number of carbonyl (C=O) groups excluding carboxylic acids is 2. The zero-order chi connectivity index (χ0) is 18.4. The molecule has 2 amide bonds. The number of methoxy groups -OCH3 is 1. The van der Waals surface area contributed by atoms with Crippen LogP contribution in [0.15, 0.2) is 47.1 Å². The van der Waals surface area contributed by atoms with Crippen LogP contribution in [0, 0.1) is 5.92 Å². The van der Waals surface area contributed by atoms with Gasteiger partial charge in [-0.15, -0.1) is 0 Å². The summed E-state index contributed by atoms with van der Waals surface area (Å²) in [6, 6.07) is 10.8. The zero-order valence-corrected chi connectivity index (χ0v) is 14.6. The van der Waals surface area contributed by atoms with Gasteiger partial charge in [0.1, 0.15) is 23.9 Å². The number of nitrogens with zero attached hydrogens (tertiary/aromatic N) is 1. The second-order valence-corrected chi connectivity index (χ2v) is 6.06. The first-order valence-corrected chi connectivity index (χ1v) is 8.50. The monoisotopic (exact) mass is 358 g/mol. The highest BCUT2D eigenvalue weighted by molar-refractivity contribution is 5.89. The summed E-state index contributed by atoms with van der Waals surface area (Å²) in [6.07, 6.45) is 1.79. The average Bonchev–Trinajstić information content (AvgIpc) is 3.30. The van der Waals surface area contributed by atoms with Gasteiger partial charge in [-0.3, -0.25) is 9.59 Å². The highest BCUT2D eigenvalue weighted by Crippen LogP contribution is 2.19. The molecular weight excluding hydrogens is 336 g/mol. The van der Waals surface area contributed by atoms with Crippen LogP contribution in [0.1, 0.15) is 12.2 Å². The molecule has 3 rings (SSSR count). The highest BCUT2D eigenvalue weighted by Gasteiger charge is 2.34. The summed E-state index contributed by atoms with van der Waals surface area (Å²) in [6.45, 7) is 1.57. The van der Waals surface area contributed by atoms with Crippen molar-refractivity contribution in [3.63, 3.8) is 0 Å². The van der Waals surface area contributed by atoms with Crippen LogP contribution < -0.4 is 14.8 Å². The molecule has 0 saturated carbocycles. The van der Waals surface area contributed by atoms with Crippen LogP contribution in [0.4, 0.5) is 0 Å². The van der Waals surface area contributed by atoms with Gasteiger partial charge >= 0.3 is 0 Å². The number of amides is 2. The van der Waals surface area contributed by atoms with Crippen molar-refractivity contribution in [3.8, 4) is 11.5 Å². The number of carbonyl (C=O) groups is 2. The molecule has 1 aliphatic rings. The highest BCUT2D eigenvalue weighted by atomic mass is 16.5. The van der Waals surface area contributed by atoms with Gasteiger partial charge in [-0.2, -0.15) is 0 Å². The van der Waals surface area contributed by atoms with E-state index in [9.17, 15) is 9.59 Å². The van der Waals surface area contributed by atoms with Crippen LogP contribution in [0.3, 0.4) is 0 Å². The Labute approximate surface area is 151 Å². The molecule has 0 spiro atoms. The zero-order valence-electron chi connectivity index (χ0n) is 14.6.